The molecule has 0 aromatic carbocycles. The van der Waals surface area contributed by atoms with Crippen molar-refractivity contribution in [2.24, 2.45) is 5.73 Å². The molecule has 4 nitrogen and oxygen atoms in total. The van der Waals surface area contributed by atoms with Crippen LogP contribution in [0.3, 0.4) is 0 Å². The van der Waals surface area contributed by atoms with Gasteiger partial charge in [-0.1, -0.05) is 6.07 Å². The number of nitrogens with zero attached hydrogens (tertiary/aromatic N) is 2. The number of hydrogen-bond acceptors (Lipinski definition) is 3. The molecule has 1 aromatic heterocycles. The number of aromatic nitrogens is 1. The van der Waals surface area contributed by atoms with E-state index >= 15 is 0 Å². The molecule has 1 aliphatic heterocycles. The predicted octanol–water partition coefficient (Wildman–Crippen LogP) is 0.531. The largest absolute Gasteiger partial charge is 0.334 e. The van der Waals surface area contributed by atoms with E-state index in [9.17, 15) is 4.79 Å². The Kier molecular flexibility index (Phi) is 2.97. The van der Waals surface area contributed by atoms with E-state index in [0.29, 0.717) is 19.5 Å². The zero-order chi connectivity index (χ0) is 10.7. The fraction of sp³-hybridized carbons (Fsp3) is 0.455. The van der Waals surface area contributed by atoms with Crippen molar-refractivity contribution < 1.29 is 4.79 Å². The highest BCUT2D eigenvalue weighted by Crippen LogP contribution is 2.20. The standard InChI is InChI=1S/C11H15N3O/c12-6-10-3-4-11(15)14(10)8-9-2-1-5-13-7-9/h1-2,5,7,10H,3-4,6,8,12H2. The van der Waals surface area contributed by atoms with Crippen molar-refractivity contribution >= 4 is 5.91 Å². The summed E-state index contributed by atoms with van der Waals surface area (Å²) in [6, 6.07) is 4.07. The molecule has 15 heavy (non-hydrogen) atoms. The molecule has 1 fully saturated rings. The Balaban J connectivity index is 2.07. The van der Waals surface area contributed by atoms with Crippen LogP contribution in [-0.2, 0) is 11.3 Å². The summed E-state index contributed by atoms with van der Waals surface area (Å²) in [5, 5.41) is 0. The van der Waals surface area contributed by atoms with E-state index in [1.807, 2.05) is 17.0 Å². The van der Waals surface area contributed by atoms with Crippen molar-refractivity contribution in [3.8, 4) is 0 Å². The second-order valence-electron chi connectivity index (χ2n) is 3.81. The van der Waals surface area contributed by atoms with E-state index < -0.39 is 0 Å². The van der Waals surface area contributed by atoms with Crippen molar-refractivity contribution in [3.05, 3.63) is 30.1 Å². The lowest BCUT2D eigenvalue weighted by molar-refractivity contribution is -0.129. The van der Waals surface area contributed by atoms with Gasteiger partial charge in [-0.3, -0.25) is 9.78 Å². The summed E-state index contributed by atoms with van der Waals surface area (Å²) in [6.45, 7) is 1.18. The predicted molar refractivity (Wildman–Crippen MR) is 56.9 cm³/mol. The molecule has 1 aromatic rings. The summed E-state index contributed by atoms with van der Waals surface area (Å²) in [5.74, 6) is 0.203. The third kappa shape index (κ3) is 2.15. The van der Waals surface area contributed by atoms with Crippen LogP contribution < -0.4 is 5.73 Å². The van der Waals surface area contributed by atoms with Gasteiger partial charge in [-0.25, -0.2) is 0 Å². The first-order valence-corrected chi connectivity index (χ1v) is 5.19. The average Bonchev–Trinajstić information content (AvgIpc) is 2.62. The molecule has 1 saturated heterocycles. The SMILES string of the molecule is NCC1CCC(=O)N1Cc1cccnc1. The molecule has 2 rings (SSSR count). The van der Waals surface area contributed by atoms with Crippen LogP contribution in [0.15, 0.2) is 24.5 Å². The molecule has 4 heteroatoms. The van der Waals surface area contributed by atoms with Gasteiger partial charge in [0, 0.05) is 37.9 Å². The molecule has 0 radical (unpaired) electrons. The number of likely N-dealkylation sites (tertiary alicyclic amines) is 1. The maximum Gasteiger partial charge on any atom is 0.223 e. The number of hydrogen-bond donors (Lipinski definition) is 1. The Labute approximate surface area is 89.1 Å². The topological polar surface area (TPSA) is 59.2 Å². The number of pyridine rings is 1. The quantitative estimate of drug-likeness (QED) is 0.783. The molecule has 1 unspecified atom stereocenters. The summed E-state index contributed by atoms with van der Waals surface area (Å²) >= 11 is 0. The Morgan fingerprint density at radius 1 is 1.60 bits per heavy atom. The van der Waals surface area contributed by atoms with Crippen LogP contribution in [0.4, 0.5) is 0 Å². The maximum atomic E-state index is 11.6. The van der Waals surface area contributed by atoms with Crippen molar-refractivity contribution in [2.75, 3.05) is 6.54 Å². The number of amides is 1. The van der Waals surface area contributed by atoms with Crippen LogP contribution in [0.25, 0.3) is 0 Å². The van der Waals surface area contributed by atoms with Gasteiger partial charge in [0.15, 0.2) is 0 Å². The lowest BCUT2D eigenvalue weighted by Crippen LogP contribution is -2.37. The summed E-state index contributed by atoms with van der Waals surface area (Å²) in [4.78, 5) is 17.5. The van der Waals surface area contributed by atoms with E-state index in [0.717, 1.165) is 12.0 Å². The summed E-state index contributed by atoms with van der Waals surface area (Å²) in [5.41, 5.74) is 6.69. The first-order valence-electron chi connectivity index (χ1n) is 5.19. The highest BCUT2D eigenvalue weighted by atomic mass is 16.2. The minimum atomic E-state index is 0.203. The summed E-state index contributed by atoms with van der Waals surface area (Å²) in [6.07, 6.45) is 5.03. The first kappa shape index (κ1) is 10.1. The zero-order valence-corrected chi connectivity index (χ0v) is 8.60. The molecule has 1 aliphatic rings. The molecule has 0 aliphatic carbocycles. The van der Waals surface area contributed by atoms with Gasteiger partial charge in [0.05, 0.1) is 0 Å². The van der Waals surface area contributed by atoms with Gasteiger partial charge < -0.3 is 10.6 Å². The summed E-state index contributed by atoms with van der Waals surface area (Å²) in [7, 11) is 0. The Morgan fingerprint density at radius 3 is 3.13 bits per heavy atom. The molecule has 0 bridgehead atoms. The third-order valence-electron chi connectivity index (χ3n) is 2.80. The normalized spacial score (nSPS) is 21.0. The second-order valence-corrected chi connectivity index (χ2v) is 3.81. The number of nitrogens with two attached hydrogens (primary N) is 1. The van der Waals surface area contributed by atoms with Crippen molar-refractivity contribution in [1.82, 2.24) is 9.88 Å². The van der Waals surface area contributed by atoms with Gasteiger partial charge in [0.1, 0.15) is 0 Å². The molecule has 1 amide bonds. The van der Waals surface area contributed by atoms with E-state index in [-0.39, 0.29) is 11.9 Å². The fourth-order valence-corrected chi connectivity index (χ4v) is 1.94. The van der Waals surface area contributed by atoms with E-state index in [1.54, 1.807) is 12.4 Å². The van der Waals surface area contributed by atoms with Gasteiger partial charge in [-0.2, -0.15) is 0 Å². The van der Waals surface area contributed by atoms with Crippen molar-refractivity contribution in [2.45, 2.75) is 25.4 Å². The van der Waals surface area contributed by atoms with Gasteiger partial charge in [0.2, 0.25) is 5.91 Å². The Morgan fingerprint density at radius 2 is 2.47 bits per heavy atom. The van der Waals surface area contributed by atoms with Crippen LogP contribution in [0.2, 0.25) is 0 Å². The van der Waals surface area contributed by atoms with Gasteiger partial charge in [-0.15, -0.1) is 0 Å². The van der Waals surface area contributed by atoms with Crippen LogP contribution in [0.1, 0.15) is 18.4 Å². The van der Waals surface area contributed by atoms with Crippen molar-refractivity contribution in [1.29, 1.82) is 0 Å². The minimum absolute atomic E-state index is 0.203. The highest BCUT2D eigenvalue weighted by Gasteiger charge is 2.29. The molecular formula is C11H15N3O. The highest BCUT2D eigenvalue weighted by molar-refractivity contribution is 5.78. The molecule has 2 heterocycles. The van der Waals surface area contributed by atoms with Crippen LogP contribution >= 0.6 is 0 Å². The molecule has 0 spiro atoms. The van der Waals surface area contributed by atoms with Crippen LogP contribution in [0, 0.1) is 0 Å². The third-order valence-corrected chi connectivity index (χ3v) is 2.80. The van der Waals surface area contributed by atoms with Crippen LogP contribution in [-0.4, -0.2) is 28.4 Å². The lowest BCUT2D eigenvalue weighted by atomic mass is 10.2. The molecule has 0 saturated carbocycles. The number of carbonyl (C=O) groups excluding carboxylic acids is 1. The summed E-state index contributed by atoms with van der Waals surface area (Å²) < 4.78 is 0. The Bertz CT molecular complexity index is 339. The molecule has 2 N–H and O–H groups in total. The monoisotopic (exact) mass is 205 g/mol. The molecular weight excluding hydrogens is 190 g/mol. The minimum Gasteiger partial charge on any atom is -0.334 e. The van der Waals surface area contributed by atoms with Crippen LogP contribution in [0.5, 0.6) is 0 Å². The van der Waals surface area contributed by atoms with E-state index in [4.69, 9.17) is 5.73 Å². The number of rotatable bonds is 3. The maximum absolute atomic E-state index is 11.6. The average molecular weight is 205 g/mol. The first-order chi connectivity index (χ1) is 7.31. The van der Waals surface area contributed by atoms with Crippen molar-refractivity contribution in [3.63, 3.8) is 0 Å². The molecule has 1 atom stereocenters. The Hall–Kier alpha value is -1.42. The second kappa shape index (κ2) is 4.40. The van der Waals surface area contributed by atoms with E-state index in [1.165, 1.54) is 0 Å². The van der Waals surface area contributed by atoms with Gasteiger partial charge in [0.25, 0.3) is 0 Å². The fourth-order valence-electron chi connectivity index (χ4n) is 1.94. The van der Waals surface area contributed by atoms with Gasteiger partial charge in [-0.05, 0) is 18.1 Å². The van der Waals surface area contributed by atoms with E-state index in [2.05, 4.69) is 4.98 Å². The lowest BCUT2D eigenvalue weighted by Gasteiger charge is -2.23. The van der Waals surface area contributed by atoms with Gasteiger partial charge >= 0.3 is 0 Å². The number of carbonyl (C=O) groups is 1. The molecule has 80 valence electrons. The zero-order valence-electron chi connectivity index (χ0n) is 8.60. The smallest absolute Gasteiger partial charge is 0.223 e.